The third-order valence-corrected chi connectivity index (χ3v) is 6.40. The third-order valence-electron chi connectivity index (χ3n) is 3.13. The van der Waals surface area contributed by atoms with Crippen LogP contribution >= 0.6 is 11.3 Å². The molecule has 21 heavy (non-hydrogen) atoms. The molecule has 2 heterocycles. The highest BCUT2D eigenvalue weighted by molar-refractivity contribution is 7.94. The van der Waals surface area contributed by atoms with Crippen molar-refractivity contribution in [2.24, 2.45) is 0 Å². The minimum atomic E-state index is -3.67. The maximum absolute atomic E-state index is 12.8. The Balaban J connectivity index is 2.08. The summed E-state index contributed by atoms with van der Waals surface area (Å²) in [7, 11) is -3.67. The fraction of sp³-hybridized carbons (Fsp3) is 0.214. The summed E-state index contributed by atoms with van der Waals surface area (Å²) in [5, 5.41) is 8.86. The first-order valence-corrected chi connectivity index (χ1v) is 8.63. The lowest BCUT2D eigenvalue weighted by Crippen LogP contribution is -2.31. The molecule has 2 aromatic rings. The molecule has 7 heteroatoms. The zero-order valence-electron chi connectivity index (χ0n) is 11.0. The van der Waals surface area contributed by atoms with Crippen LogP contribution in [0.15, 0.2) is 40.6 Å². The molecule has 0 bridgehead atoms. The predicted molar refractivity (Wildman–Crippen MR) is 80.1 cm³/mol. The van der Waals surface area contributed by atoms with Crippen LogP contribution in [0.4, 0.5) is 5.69 Å². The van der Waals surface area contributed by atoms with Crippen LogP contribution in [0.2, 0.25) is 0 Å². The molecule has 1 aliphatic heterocycles. The Bertz CT molecular complexity index is 806. The van der Waals surface area contributed by atoms with E-state index in [1.54, 1.807) is 18.2 Å². The highest BCUT2D eigenvalue weighted by Gasteiger charge is 2.29. The molecule has 0 fully saturated rings. The minimum Gasteiger partial charge on any atom is -0.491 e. The Hall–Kier alpha value is -2.04. The monoisotopic (exact) mass is 320 g/mol. The van der Waals surface area contributed by atoms with Gasteiger partial charge in [-0.15, -0.1) is 11.3 Å². The number of rotatable bonds is 2. The van der Waals surface area contributed by atoms with Gasteiger partial charge in [-0.3, -0.25) is 4.31 Å². The topological polar surface area (TPSA) is 70.4 Å². The van der Waals surface area contributed by atoms with Gasteiger partial charge in [0.15, 0.2) is 0 Å². The Kier molecular flexibility index (Phi) is 3.57. The molecule has 1 aromatic carbocycles. The van der Waals surface area contributed by atoms with Crippen molar-refractivity contribution in [1.82, 2.24) is 0 Å². The van der Waals surface area contributed by atoms with Gasteiger partial charge in [0.25, 0.3) is 10.0 Å². The van der Waals surface area contributed by atoms with Crippen LogP contribution < -0.4 is 9.04 Å². The first-order chi connectivity index (χ1) is 10.1. The Labute approximate surface area is 127 Å². The Morgan fingerprint density at radius 3 is 2.81 bits per heavy atom. The molecule has 0 atom stereocenters. The number of hydrogen-bond donors (Lipinski definition) is 0. The van der Waals surface area contributed by atoms with Gasteiger partial charge in [-0.25, -0.2) is 8.42 Å². The summed E-state index contributed by atoms with van der Waals surface area (Å²) in [6.45, 7) is 0.843. The van der Waals surface area contributed by atoms with E-state index in [9.17, 15) is 8.42 Å². The molecule has 0 aliphatic carbocycles. The number of ether oxygens (including phenoxy) is 1. The molecule has 0 N–H and O–H groups in total. The standard InChI is InChI=1S/C14H12N2O3S2/c15-10-11-6-7-14(20-11)21(17,18)16-8-3-9-19-13-5-2-1-4-12(13)16/h1-2,4-7H,3,8-9H2. The first kappa shape index (κ1) is 13.9. The maximum Gasteiger partial charge on any atom is 0.273 e. The van der Waals surface area contributed by atoms with E-state index < -0.39 is 10.0 Å². The smallest absolute Gasteiger partial charge is 0.273 e. The molecule has 0 spiro atoms. The second kappa shape index (κ2) is 5.39. The molecule has 0 saturated heterocycles. The SMILES string of the molecule is N#Cc1ccc(S(=O)(=O)N2CCCOc3ccccc32)s1. The predicted octanol–water partition coefficient (Wildman–Crippen LogP) is 2.60. The van der Waals surface area contributed by atoms with E-state index in [1.165, 1.54) is 16.4 Å². The van der Waals surface area contributed by atoms with Crippen LogP contribution in [-0.2, 0) is 10.0 Å². The number of para-hydroxylation sites is 2. The molecule has 0 amide bonds. The molecule has 1 aliphatic rings. The van der Waals surface area contributed by atoms with Gasteiger partial charge < -0.3 is 4.74 Å². The number of nitriles is 1. The van der Waals surface area contributed by atoms with E-state index in [2.05, 4.69) is 0 Å². The maximum atomic E-state index is 12.8. The van der Waals surface area contributed by atoms with E-state index in [1.807, 2.05) is 12.1 Å². The lowest BCUT2D eigenvalue weighted by atomic mass is 10.3. The van der Waals surface area contributed by atoms with Crippen LogP contribution in [0.5, 0.6) is 5.75 Å². The fourth-order valence-corrected chi connectivity index (χ4v) is 4.90. The van der Waals surface area contributed by atoms with Crippen LogP contribution in [-0.4, -0.2) is 21.6 Å². The highest BCUT2D eigenvalue weighted by Crippen LogP contribution is 2.35. The van der Waals surface area contributed by atoms with Crippen molar-refractivity contribution in [2.75, 3.05) is 17.5 Å². The van der Waals surface area contributed by atoms with Gasteiger partial charge in [0.05, 0.1) is 12.3 Å². The molecule has 0 saturated carbocycles. The minimum absolute atomic E-state index is 0.177. The molecular formula is C14H12N2O3S2. The van der Waals surface area contributed by atoms with Gasteiger partial charge in [0.2, 0.25) is 0 Å². The van der Waals surface area contributed by atoms with Gasteiger partial charge in [-0.2, -0.15) is 5.26 Å². The lowest BCUT2D eigenvalue weighted by Gasteiger charge is -2.22. The van der Waals surface area contributed by atoms with Gasteiger partial charge >= 0.3 is 0 Å². The quantitative estimate of drug-likeness (QED) is 0.853. The van der Waals surface area contributed by atoms with E-state index in [0.717, 1.165) is 11.3 Å². The van der Waals surface area contributed by atoms with Crippen molar-refractivity contribution >= 4 is 27.0 Å². The number of fused-ring (bicyclic) bond motifs is 1. The van der Waals surface area contributed by atoms with Gasteiger partial charge in [-0.1, -0.05) is 12.1 Å². The average molecular weight is 320 g/mol. The molecule has 0 radical (unpaired) electrons. The number of hydrogen-bond acceptors (Lipinski definition) is 5. The van der Waals surface area contributed by atoms with Crippen molar-refractivity contribution in [3.63, 3.8) is 0 Å². The normalized spacial score (nSPS) is 14.7. The van der Waals surface area contributed by atoms with Crippen molar-refractivity contribution < 1.29 is 13.2 Å². The van der Waals surface area contributed by atoms with Gasteiger partial charge in [0, 0.05) is 13.0 Å². The van der Waals surface area contributed by atoms with E-state index in [0.29, 0.717) is 35.9 Å². The molecule has 1 aromatic heterocycles. The van der Waals surface area contributed by atoms with Crippen LogP contribution in [0.1, 0.15) is 11.3 Å². The van der Waals surface area contributed by atoms with E-state index >= 15 is 0 Å². The summed E-state index contributed by atoms with van der Waals surface area (Å²) in [6, 6.07) is 12.1. The number of sulfonamides is 1. The molecular weight excluding hydrogens is 308 g/mol. The van der Waals surface area contributed by atoms with Crippen molar-refractivity contribution in [3.05, 3.63) is 41.3 Å². The molecule has 5 nitrogen and oxygen atoms in total. The average Bonchev–Trinajstić information content (AvgIpc) is 2.87. The summed E-state index contributed by atoms with van der Waals surface area (Å²) in [5.74, 6) is 0.565. The summed E-state index contributed by atoms with van der Waals surface area (Å²) in [6.07, 6.45) is 0.615. The van der Waals surface area contributed by atoms with Crippen LogP contribution in [0.25, 0.3) is 0 Å². The van der Waals surface area contributed by atoms with Crippen LogP contribution in [0, 0.1) is 11.3 Å². The largest absolute Gasteiger partial charge is 0.491 e. The van der Waals surface area contributed by atoms with Gasteiger partial charge in [-0.05, 0) is 24.3 Å². The number of nitrogens with zero attached hydrogens (tertiary/aromatic N) is 2. The Morgan fingerprint density at radius 2 is 2.05 bits per heavy atom. The second-order valence-corrected chi connectivity index (χ2v) is 7.65. The summed E-state index contributed by atoms with van der Waals surface area (Å²) in [5.41, 5.74) is 0.543. The summed E-state index contributed by atoms with van der Waals surface area (Å²) >= 11 is 0.983. The zero-order valence-corrected chi connectivity index (χ0v) is 12.7. The molecule has 108 valence electrons. The number of benzene rings is 1. The van der Waals surface area contributed by atoms with E-state index in [-0.39, 0.29) is 4.21 Å². The van der Waals surface area contributed by atoms with Crippen molar-refractivity contribution in [3.8, 4) is 11.8 Å². The zero-order chi connectivity index (χ0) is 14.9. The molecule has 0 unspecified atom stereocenters. The van der Waals surface area contributed by atoms with Gasteiger partial charge in [0.1, 0.15) is 20.9 Å². The first-order valence-electron chi connectivity index (χ1n) is 6.37. The number of thiophene rings is 1. The lowest BCUT2D eigenvalue weighted by molar-refractivity contribution is 0.322. The molecule has 3 rings (SSSR count). The fourth-order valence-electron chi connectivity index (χ4n) is 2.17. The summed E-state index contributed by atoms with van der Waals surface area (Å²) < 4.78 is 32.7. The Morgan fingerprint density at radius 1 is 1.24 bits per heavy atom. The van der Waals surface area contributed by atoms with E-state index in [4.69, 9.17) is 10.00 Å². The van der Waals surface area contributed by atoms with Crippen molar-refractivity contribution in [2.45, 2.75) is 10.6 Å². The van der Waals surface area contributed by atoms with Crippen LogP contribution in [0.3, 0.4) is 0 Å². The third kappa shape index (κ3) is 2.48. The highest BCUT2D eigenvalue weighted by atomic mass is 32.2. The number of anilines is 1. The summed E-state index contributed by atoms with van der Waals surface area (Å²) in [4.78, 5) is 0.382. The van der Waals surface area contributed by atoms with Crippen molar-refractivity contribution in [1.29, 1.82) is 5.26 Å². The second-order valence-electron chi connectivity index (χ2n) is 4.48.